The topological polar surface area (TPSA) is 29.5 Å². The van der Waals surface area contributed by atoms with Gasteiger partial charge in [-0.1, -0.05) is 43.2 Å². The van der Waals surface area contributed by atoms with Crippen molar-refractivity contribution in [2.75, 3.05) is 13.2 Å². The van der Waals surface area contributed by atoms with Gasteiger partial charge in [0.25, 0.3) is 0 Å². The molecule has 3 heteroatoms. The SMILES string of the molecule is CCCCC(=O)N1CC(c2ccc(C)cc2)OCC1(C)C. The second-order valence-electron chi connectivity index (χ2n) is 6.63. The fraction of sp³-hybridized carbons (Fsp3) is 0.611. The molecular weight excluding hydrogens is 262 g/mol. The van der Waals surface area contributed by atoms with Gasteiger partial charge in [-0.3, -0.25) is 4.79 Å². The maximum atomic E-state index is 12.5. The van der Waals surface area contributed by atoms with Gasteiger partial charge in [-0.25, -0.2) is 0 Å². The molecule has 1 fully saturated rings. The first-order valence-corrected chi connectivity index (χ1v) is 7.92. The summed E-state index contributed by atoms with van der Waals surface area (Å²) in [5, 5.41) is 0. The van der Waals surface area contributed by atoms with Gasteiger partial charge in [0, 0.05) is 6.42 Å². The maximum absolute atomic E-state index is 12.5. The zero-order chi connectivity index (χ0) is 15.5. The standard InChI is InChI=1S/C18H27NO2/c1-5-6-7-17(20)19-12-16(21-13-18(19,3)4)15-10-8-14(2)9-11-15/h8-11,16H,5-7,12-13H2,1-4H3. The van der Waals surface area contributed by atoms with Gasteiger partial charge in [0.1, 0.15) is 6.10 Å². The minimum Gasteiger partial charge on any atom is -0.369 e. The molecule has 0 aliphatic carbocycles. The molecule has 21 heavy (non-hydrogen) atoms. The Hall–Kier alpha value is -1.35. The van der Waals surface area contributed by atoms with Crippen molar-refractivity contribution < 1.29 is 9.53 Å². The summed E-state index contributed by atoms with van der Waals surface area (Å²) in [5.41, 5.74) is 2.18. The van der Waals surface area contributed by atoms with Crippen LogP contribution in [-0.2, 0) is 9.53 Å². The predicted molar refractivity (Wildman–Crippen MR) is 85.2 cm³/mol. The van der Waals surface area contributed by atoms with Gasteiger partial charge in [0.05, 0.1) is 18.7 Å². The van der Waals surface area contributed by atoms with Crippen LogP contribution >= 0.6 is 0 Å². The summed E-state index contributed by atoms with van der Waals surface area (Å²) >= 11 is 0. The van der Waals surface area contributed by atoms with Gasteiger partial charge in [-0.05, 0) is 32.8 Å². The van der Waals surface area contributed by atoms with E-state index in [9.17, 15) is 4.79 Å². The van der Waals surface area contributed by atoms with Crippen LogP contribution in [0, 0.1) is 6.92 Å². The molecule has 1 atom stereocenters. The quantitative estimate of drug-likeness (QED) is 0.842. The van der Waals surface area contributed by atoms with Crippen molar-refractivity contribution in [3.63, 3.8) is 0 Å². The number of carbonyl (C=O) groups is 1. The third-order valence-electron chi connectivity index (χ3n) is 4.21. The van der Waals surface area contributed by atoms with Crippen LogP contribution < -0.4 is 0 Å². The Labute approximate surface area is 128 Å². The van der Waals surface area contributed by atoms with Crippen molar-refractivity contribution in [2.45, 2.75) is 58.6 Å². The van der Waals surface area contributed by atoms with Crippen molar-refractivity contribution in [2.24, 2.45) is 0 Å². The fourth-order valence-electron chi connectivity index (χ4n) is 2.73. The first kappa shape index (κ1) is 16.0. The van der Waals surface area contributed by atoms with E-state index in [1.54, 1.807) is 0 Å². The Morgan fingerprint density at radius 1 is 1.33 bits per heavy atom. The molecule has 1 aliphatic heterocycles. The zero-order valence-electron chi connectivity index (χ0n) is 13.7. The summed E-state index contributed by atoms with van der Waals surface area (Å²) < 4.78 is 6.01. The maximum Gasteiger partial charge on any atom is 0.223 e. The number of rotatable bonds is 4. The minimum atomic E-state index is -0.216. The van der Waals surface area contributed by atoms with E-state index >= 15 is 0 Å². The summed E-state index contributed by atoms with van der Waals surface area (Å²) in [7, 11) is 0. The molecule has 1 amide bonds. The number of hydrogen-bond donors (Lipinski definition) is 0. The number of hydrogen-bond acceptors (Lipinski definition) is 2. The Morgan fingerprint density at radius 3 is 2.62 bits per heavy atom. The van der Waals surface area contributed by atoms with E-state index < -0.39 is 0 Å². The average molecular weight is 289 g/mol. The average Bonchev–Trinajstić information content (AvgIpc) is 2.45. The number of aryl methyl sites for hydroxylation is 1. The molecule has 0 bridgehead atoms. The number of nitrogens with zero attached hydrogens (tertiary/aromatic N) is 1. The first-order chi connectivity index (χ1) is 9.94. The van der Waals surface area contributed by atoms with Gasteiger partial charge in [-0.15, -0.1) is 0 Å². The van der Waals surface area contributed by atoms with Crippen LogP contribution in [0.4, 0.5) is 0 Å². The summed E-state index contributed by atoms with van der Waals surface area (Å²) in [6.45, 7) is 9.61. The van der Waals surface area contributed by atoms with E-state index in [1.807, 2.05) is 4.90 Å². The minimum absolute atomic E-state index is 0.01000. The molecule has 3 nitrogen and oxygen atoms in total. The zero-order valence-corrected chi connectivity index (χ0v) is 13.7. The van der Waals surface area contributed by atoms with Crippen LogP contribution in [0.25, 0.3) is 0 Å². The number of morpholine rings is 1. The third-order valence-corrected chi connectivity index (χ3v) is 4.21. The summed E-state index contributed by atoms with van der Waals surface area (Å²) in [5.74, 6) is 0.252. The van der Waals surface area contributed by atoms with Crippen LogP contribution in [-0.4, -0.2) is 29.5 Å². The fourth-order valence-corrected chi connectivity index (χ4v) is 2.73. The Balaban J connectivity index is 2.11. The number of amides is 1. The molecule has 1 unspecified atom stereocenters. The Bertz CT molecular complexity index is 478. The monoisotopic (exact) mass is 289 g/mol. The van der Waals surface area contributed by atoms with E-state index in [1.165, 1.54) is 5.56 Å². The molecule has 0 radical (unpaired) electrons. The lowest BCUT2D eigenvalue weighted by Crippen LogP contribution is -2.56. The van der Waals surface area contributed by atoms with Gasteiger partial charge >= 0.3 is 0 Å². The second-order valence-corrected chi connectivity index (χ2v) is 6.63. The van der Waals surface area contributed by atoms with Gasteiger partial charge in [0.15, 0.2) is 0 Å². The van der Waals surface area contributed by atoms with Crippen LogP contribution in [0.2, 0.25) is 0 Å². The molecule has 0 N–H and O–H groups in total. The molecule has 2 rings (SSSR count). The highest BCUT2D eigenvalue weighted by Crippen LogP contribution is 2.31. The summed E-state index contributed by atoms with van der Waals surface area (Å²) in [6.07, 6.45) is 2.64. The van der Waals surface area contributed by atoms with Crippen molar-refractivity contribution >= 4 is 5.91 Å². The number of ether oxygens (including phenoxy) is 1. The van der Waals surface area contributed by atoms with E-state index in [0.717, 1.165) is 18.4 Å². The van der Waals surface area contributed by atoms with Crippen LogP contribution in [0.3, 0.4) is 0 Å². The molecule has 116 valence electrons. The second kappa shape index (κ2) is 6.61. The summed E-state index contributed by atoms with van der Waals surface area (Å²) in [6, 6.07) is 8.41. The smallest absolute Gasteiger partial charge is 0.223 e. The molecule has 1 heterocycles. The van der Waals surface area contributed by atoms with Crippen LogP contribution in [0.15, 0.2) is 24.3 Å². The van der Waals surface area contributed by atoms with Crippen LogP contribution in [0.5, 0.6) is 0 Å². The molecule has 0 spiro atoms. The van der Waals surface area contributed by atoms with E-state index in [2.05, 4.69) is 52.0 Å². The largest absolute Gasteiger partial charge is 0.369 e. The molecular formula is C18H27NO2. The molecule has 1 aromatic carbocycles. The van der Waals surface area contributed by atoms with Crippen molar-refractivity contribution in [1.29, 1.82) is 0 Å². The number of carbonyl (C=O) groups excluding carboxylic acids is 1. The molecule has 1 saturated heterocycles. The Morgan fingerprint density at radius 2 is 2.00 bits per heavy atom. The number of unbranched alkanes of at least 4 members (excludes halogenated alkanes) is 1. The van der Waals surface area contributed by atoms with Crippen molar-refractivity contribution in [3.8, 4) is 0 Å². The first-order valence-electron chi connectivity index (χ1n) is 7.92. The highest BCUT2D eigenvalue weighted by atomic mass is 16.5. The third kappa shape index (κ3) is 3.85. The van der Waals surface area contributed by atoms with Crippen LogP contribution in [0.1, 0.15) is 57.3 Å². The van der Waals surface area contributed by atoms with E-state index in [4.69, 9.17) is 4.74 Å². The Kier molecular flexibility index (Phi) is 5.04. The summed E-state index contributed by atoms with van der Waals surface area (Å²) in [4.78, 5) is 14.5. The van der Waals surface area contributed by atoms with Gasteiger partial charge in [-0.2, -0.15) is 0 Å². The molecule has 1 aromatic rings. The predicted octanol–water partition coefficient (Wildman–Crippen LogP) is 3.86. The van der Waals surface area contributed by atoms with Crippen molar-refractivity contribution in [1.82, 2.24) is 4.90 Å². The lowest BCUT2D eigenvalue weighted by molar-refractivity contribution is -0.155. The lowest BCUT2D eigenvalue weighted by atomic mass is 9.97. The van der Waals surface area contributed by atoms with Gasteiger partial charge < -0.3 is 9.64 Å². The number of benzene rings is 1. The van der Waals surface area contributed by atoms with E-state index in [0.29, 0.717) is 19.6 Å². The molecule has 0 aromatic heterocycles. The lowest BCUT2D eigenvalue weighted by Gasteiger charge is -2.45. The highest BCUT2D eigenvalue weighted by Gasteiger charge is 2.38. The van der Waals surface area contributed by atoms with Crippen molar-refractivity contribution in [3.05, 3.63) is 35.4 Å². The van der Waals surface area contributed by atoms with E-state index in [-0.39, 0.29) is 17.6 Å². The molecule has 0 saturated carbocycles. The highest BCUT2D eigenvalue weighted by molar-refractivity contribution is 5.77. The normalized spacial score (nSPS) is 21.3. The van der Waals surface area contributed by atoms with Gasteiger partial charge in [0.2, 0.25) is 5.91 Å². The molecule has 1 aliphatic rings.